The van der Waals surface area contributed by atoms with Crippen molar-refractivity contribution in [1.29, 1.82) is 0 Å². The largest absolute Gasteiger partial charge is 0.263 e. The van der Waals surface area contributed by atoms with Crippen LogP contribution in [-0.4, -0.2) is 92.9 Å². The minimum Gasteiger partial charge on any atom is -0.263 e. The highest BCUT2D eigenvalue weighted by molar-refractivity contribution is 6.16. The van der Waals surface area contributed by atoms with Gasteiger partial charge in [-0.15, -0.1) is 0 Å². The van der Waals surface area contributed by atoms with Crippen molar-refractivity contribution in [1.82, 2.24) is 19.6 Å². The molecule has 2 fully saturated rings. The van der Waals surface area contributed by atoms with Gasteiger partial charge in [0, 0.05) is 60.8 Å². The van der Waals surface area contributed by atoms with E-state index in [0.29, 0.717) is 48.3 Å². The molecule has 0 aromatic heterocycles. The topological polar surface area (TPSA) is 37.7 Å². The molecule has 174 valence electrons. The Bertz CT molecular complexity index is 507. The monoisotopic (exact) mass is 420 g/mol. The Morgan fingerprint density at radius 1 is 0.467 bits per heavy atom. The van der Waals surface area contributed by atoms with Crippen LogP contribution in [0.5, 0.6) is 0 Å². The molecule has 0 aromatic rings. The van der Waals surface area contributed by atoms with Crippen LogP contribution < -0.4 is 0 Å². The lowest BCUT2D eigenvalue weighted by molar-refractivity contribution is 0.0780. The minimum atomic E-state index is 0.0743. The summed E-state index contributed by atoms with van der Waals surface area (Å²) in [4.78, 5) is 20.1. The Kier molecular flexibility index (Phi) is 8.65. The van der Waals surface area contributed by atoms with Crippen molar-refractivity contribution in [2.24, 2.45) is 9.98 Å². The van der Waals surface area contributed by atoms with Crippen LogP contribution in [0.4, 0.5) is 0 Å². The normalized spacial score (nSPS) is 35.7. The molecule has 6 nitrogen and oxygen atoms in total. The molecule has 6 heteroatoms. The number of aliphatic imine (C=N–C) groups is 2. The lowest BCUT2D eigenvalue weighted by Crippen LogP contribution is -2.45. The first-order valence-electron chi connectivity index (χ1n) is 12.1. The van der Waals surface area contributed by atoms with Gasteiger partial charge in [0.15, 0.2) is 12.6 Å². The van der Waals surface area contributed by atoms with Gasteiger partial charge in [-0.2, -0.15) is 0 Å². The van der Waals surface area contributed by atoms with Gasteiger partial charge >= 0.3 is 0 Å². The summed E-state index contributed by atoms with van der Waals surface area (Å²) in [7, 11) is 0. The van der Waals surface area contributed by atoms with E-state index in [2.05, 4.69) is 103 Å². The molecule has 0 saturated carbocycles. The molecule has 2 saturated heterocycles. The quantitative estimate of drug-likeness (QED) is 0.581. The first kappa shape index (κ1) is 25.4. The Morgan fingerprint density at radius 3 is 0.833 bits per heavy atom. The highest BCUT2D eigenvalue weighted by Gasteiger charge is 2.45. The molecule has 0 bridgehead atoms. The van der Waals surface area contributed by atoms with Gasteiger partial charge < -0.3 is 0 Å². The van der Waals surface area contributed by atoms with Crippen LogP contribution in [0.25, 0.3) is 0 Å². The van der Waals surface area contributed by atoms with Crippen LogP contribution in [0.1, 0.15) is 83.1 Å². The summed E-state index contributed by atoms with van der Waals surface area (Å²) in [5.41, 5.74) is 0. The Morgan fingerprint density at radius 2 is 0.667 bits per heavy atom. The zero-order valence-electron chi connectivity index (χ0n) is 21.6. The third-order valence-electron chi connectivity index (χ3n) is 7.23. The molecule has 0 amide bonds. The maximum Gasteiger partial charge on any atom is 0.159 e. The average molecular weight is 421 g/mol. The van der Waals surface area contributed by atoms with Gasteiger partial charge in [0.2, 0.25) is 0 Å². The molecule has 0 N–H and O–H groups in total. The highest BCUT2D eigenvalue weighted by Crippen LogP contribution is 2.32. The first-order valence-corrected chi connectivity index (χ1v) is 12.1. The van der Waals surface area contributed by atoms with E-state index >= 15 is 0 Å². The molecule has 4 atom stereocenters. The van der Waals surface area contributed by atoms with Crippen LogP contribution in [0.3, 0.4) is 0 Å². The van der Waals surface area contributed by atoms with Gasteiger partial charge in [0.1, 0.15) is 0 Å². The third-order valence-corrected chi connectivity index (χ3v) is 7.23. The van der Waals surface area contributed by atoms with E-state index in [0.717, 1.165) is 0 Å². The second-order valence-corrected chi connectivity index (χ2v) is 10.4. The van der Waals surface area contributed by atoms with Crippen molar-refractivity contribution in [2.45, 2.75) is 144 Å². The summed E-state index contributed by atoms with van der Waals surface area (Å²) in [6.07, 6.45) is 4.02. The number of nitrogens with zero attached hydrogens (tertiary/aromatic N) is 6. The summed E-state index contributed by atoms with van der Waals surface area (Å²) in [6, 6.07) is 3.74. The lowest BCUT2D eigenvalue weighted by atomic mass is 10.1. The molecule has 30 heavy (non-hydrogen) atoms. The minimum absolute atomic E-state index is 0.0743. The lowest BCUT2D eigenvalue weighted by Gasteiger charge is -2.33. The fourth-order valence-corrected chi connectivity index (χ4v) is 5.63. The van der Waals surface area contributed by atoms with Crippen LogP contribution in [0, 0.1) is 0 Å². The van der Waals surface area contributed by atoms with Crippen LogP contribution in [-0.2, 0) is 0 Å². The fourth-order valence-electron chi connectivity index (χ4n) is 5.63. The van der Waals surface area contributed by atoms with E-state index in [4.69, 9.17) is 9.98 Å². The number of hydrogen-bond donors (Lipinski definition) is 0. The Hall–Kier alpha value is -0.820. The molecule has 0 aliphatic carbocycles. The maximum absolute atomic E-state index is 5.01. The summed E-state index contributed by atoms with van der Waals surface area (Å²) in [5, 5.41) is 0. The average Bonchev–Trinajstić information content (AvgIpc) is 3.02. The van der Waals surface area contributed by atoms with Crippen molar-refractivity contribution in [3.8, 4) is 0 Å². The fraction of sp³-hybridized carbons (Fsp3) is 0.917. The zero-order chi connectivity index (χ0) is 22.9. The van der Waals surface area contributed by atoms with Gasteiger partial charge in [-0.3, -0.25) is 29.6 Å². The van der Waals surface area contributed by atoms with Crippen molar-refractivity contribution in [3.05, 3.63) is 0 Å². The van der Waals surface area contributed by atoms with Crippen molar-refractivity contribution in [3.63, 3.8) is 0 Å². The van der Waals surface area contributed by atoms with Crippen LogP contribution >= 0.6 is 0 Å². The predicted molar refractivity (Wildman–Crippen MR) is 130 cm³/mol. The van der Waals surface area contributed by atoms with Gasteiger partial charge in [-0.25, -0.2) is 0 Å². The van der Waals surface area contributed by atoms with E-state index in [9.17, 15) is 0 Å². The zero-order valence-corrected chi connectivity index (χ0v) is 21.6. The van der Waals surface area contributed by atoms with E-state index in [-0.39, 0.29) is 12.6 Å². The Balaban J connectivity index is 2.25. The van der Waals surface area contributed by atoms with E-state index < -0.39 is 0 Å². The summed E-state index contributed by atoms with van der Waals surface area (Å²) < 4.78 is 0. The summed E-state index contributed by atoms with van der Waals surface area (Å²) in [5.74, 6) is 0. The molecule has 2 aliphatic rings. The predicted octanol–water partition coefficient (Wildman–Crippen LogP) is 4.12. The van der Waals surface area contributed by atoms with Crippen molar-refractivity contribution >= 4 is 12.4 Å². The van der Waals surface area contributed by atoms with Gasteiger partial charge in [0.25, 0.3) is 0 Å². The van der Waals surface area contributed by atoms with Crippen LogP contribution in [0.15, 0.2) is 9.98 Å². The van der Waals surface area contributed by atoms with Gasteiger partial charge in [-0.1, -0.05) is 0 Å². The molecule has 2 heterocycles. The molecule has 0 aromatic carbocycles. The molecule has 4 unspecified atom stereocenters. The molecular formula is C24H48N6. The standard InChI is InChI=1S/C24H48N6/c1-15(2)27-19(9)20(10)28(16(3)4)23(27)25-13-14-26-24-29(17(5)6)21(11)22(12)30(24)18(7)8/h13-24H,1-12H3. The molecule has 0 radical (unpaired) electrons. The maximum atomic E-state index is 5.01. The van der Waals surface area contributed by atoms with Crippen molar-refractivity contribution < 1.29 is 0 Å². The van der Waals surface area contributed by atoms with Gasteiger partial charge in [-0.05, 0) is 83.1 Å². The molecule has 2 aliphatic heterocycles. The van der Waals surface area contributed by atoms with Crippen molar-refractivity contribution in [2.75, 3.05) is 0 Å². The van der Waals surface area contributed by atoms with E-state index in [1.165, 1.54) is 0 Å². The summed E-state index contributed by atoms with van der Waals surface area (Å²) in [6.45, 7) is 27.5. The highest BCUT2D eigenvalue weighted by atomic mass is 15.5. The second kappa shape index (κ2) is 10.2. The third kappa shape index (κ3) is 4.82. The van der Waals surface area contributed by atoms with Crippen LogP contribution in [0.2, 0.25) is 0 Å². The molecule has 2 rings (SSSR count). The SMILES string of the molecule is CC(C)N1C(C)C(C)N(C(C)C)C1N=CC=NC1N(C(C)C)C(C)C(C)N1C(C)C. The number of hydrogen-bond acceptors (Lipinski definition) is 6. The Labute approximate surface area is 186 Å². The van der Waals surface area contributed by atoms with E-state index in [1.54, 1.807) is 0 Å². The smallest absolute Gasteiger partial charge is 0.159 e. The van der Waals surface area contributed by atoms with Gasteiger partial charge in [0.05, 0.1) is 0 Å². The second-order valence-electron chi connectivity index (χ2n) is 10.4. The molecular weight excluding hydrogens is 372 g/mol. The molecule has 0 spiro atoms. The van der Waals surface area contributed by atoms with E-state index in [1.807, 2.05) is 12.4 Å². The summed E-state index contributed by atoms with van der Waals surface area (Å²) >= 11 is 0. The first-order chi connectivity index (χ1) is 13.9. The number of rotatable bonds is 7.